The second kappa shape index (κ2) is 7.01. The molecular formula is C13H21N3. The van der Waals surface area contributed by atoms with Crippen molar-refractivity contribution >= 4 is 5.82 Å². The average molecular weight is 219 g/mol. The number of pyridine rings is 1. The molecule has 88 valence electrons. The fraction of sp³-hybridized carbons (Fsp3) is 0.462. The number of anilines is 1. The van der Waals surface area contributed by atoms with Crippen LogP contribution < -0.4 is 10.2 Å². The summed E-state index contributed by atoms with van der Waals surface area (Å²) in [7, 11) is 3.99. The summed E-state index contributed by atoms with van der Waals surface area (Å²) in [6, 6.07) is 4.16. The molecule has 0 aromatic carbocycles. The number of allylic oxidation sites excluding steroid dienone is 1. The molecule has 0 aliphatic heterocycles. The first kappa shape index (κ1) is 12.7. The summed E-state index contributed by atoms with van der Waals surface area (Å²) < 4.78 is 0. The average Bonchev–Trinajstić information content (AvgIpc) is 2.29. The molecule has 0 fully saturated rings. The summed E-state index contributed by atoms with van der Waals surface area (Å²) in [5.41, 5.74) is 1.23. The van der Waals surface area contributed by atoms with Crippen LogP contribution in [0.4, 0.5) is 5.82 Å². The van der Waals surface area contributed by atoms with Crippen molar-refractivity contribution < 1.29 is 0 Å². The van der Waals surface area contributed by atoms with Crippen LogP contribution in [0.25, 0.3) is 0 Å². The summed E-state index contributed by atoms with van der Waals surface area (Å²) in [6.45, 7) is 3.95. The van der Waals surface area contributed by atoms with Gasteiger partial charge in [-0.2, -0.15) is 0 Å². The maximum atomic E-state index is 4.37. The van der Waals surface area contributed by atoms with E-state index < -0.39 is 0 Å². The zero-order valence-corrected chi connectivity index (χ0v) is 10.4. The van der Waals surface area contributed by atoms with Crippen LogP contribution in [0.2, 0.25) is 0 Å². The van der Waals surface area contributed by atoms with Gasteiger partial charge in [-0.05, 0) is 31.5 Å². The lowest BCUT2D eigenvalue weighted by atomic mass is 10.2. The molecule has 0 bridgehead atoms. The number of rotatable bonds is 6. The lowest BCUT2D eigenvalue weighted by molar-refractivity contribution is 0.693. The van der Waals surface area contributed by atoms with Gasteiger partial charge in [0.1, 0.15) is 5.82 Å². The van der Waals surface area contributed by atoms with Gasteiger partial charge in [0.2, 0.25) is 0 Å². The van der Waals surface area contributed by atoms with E-state index in [2.05, 4.69) is 28.5 Å². The van der Waals surface area contributed by atoms with Crippen molar-refractivity contribution in [2.24, 2.45) is 0 Å². The first-order valence-electron chi connectivity index (χ1n) is 5.68. The molecule has 1 aromatic heterocycles. The largest absolute Gasteiger partial charge is 0.363 e. The van der Waals surface area contributed by atoms with Crippen LogP contribution in [0.5, 0.6) is 0 Å². The third-order valence-corrected chi connectivity index (χ3v) is 2.32. The van der Waals surface area contributed by atoms with Gasteiger partial charge in [0, 0.05) is 26.8 Å². The molecule has 1 rings (SSSR count). The van der Waals surface area contributed by atoms with Crippen molar-refractivity contribution in [2.75, 3.05) is 25.5 Å². The maximum Gasteiger partial charge on any atom is 0.127 e. The second-order valence-electron chi connectivity index (χ2n) is 3.95. The Kier molecular flexibility index (Phi) is 5.57. The quantitative estimate of drug-likeness (QED) is 0.587. The molecule has 0 radical (unpaired) electrons. The summed E-state index contributed by atoms with van der Waals surface area (Å²) in [5, 5.41) is 3.38. The van der Waals surface area contributed by atoms with Crippen LogP contribution in [0.1, 0.15) is 18.9 Å². The molecule has 0 saturated heterocycles. The number of nitrogens with zero attached hydrogens (tertiary/aromatic N) is 2. The Morgan fingerprint density at radius 2 is 2.19 bits per heavy atom. The monoisotopic (exact) mass is 219 g/mol. The number of nitrogens with one attached hydrogen (secondary N) is 1. The number of aromatic nitrogens is 1. The Morgan fingerprint density at radius 3 is 2.75 bits per heavy atom. The van der Waals surface area contributed by atoms with Gasteiger partial charge in [0.25, 0.3) is 0 Å². The zero-order valence-electron chi connectivity index (χ0n) is 10.4. The van der Waals surface area contributed by atoms with Gasteiger partial charge in [0.15, 0.2) is 0 Å². The van der Waals surface area contributed by atoms with Gasteiger partial charge in [0.05, 0.1) is 0 Å². The van der Waals surface area contributed by atoms with Crippen LogP contribution in [0, 0.1) is 0 Å². The Bertz CT molecular complexity index is 314. The summed E-state index contributed by atoms with van der Waals surface area (Å²) in [4.78, 5) is 6.37. The normalized spacial score (nSPS) is 10.9. The van der Waals surface area contributed by atoms with Crippen molar-refractivity contribution in [3.8, 4) is 0 Å². The van der Waals surface area contributed by atoms with E-state index in [1.807, 2.05) is 38.2 Å². The van der Waals surface area contributed by atoms with Crippen molar-refractivity contribution in [2.45, 2.75) is 19.9 Å². The van der Waals surface area contributed by atoms with E-state index in [4.69, 9.17) is 0 Å². The second-order valence-corrected chi connectivity index (χ2v) is 3.95. The molecule has 0 amide bonds. The van der Waals surface area contributed by atoms with Gasteiger partial charge in [-0.1, -0.05) is 18.2 Å². The number of hydrogen-bond acceptors (Lipinski definition) is 3. The molecule has 0 aliphatic rings. The highest BCUT2D eigenvalue weighted by Crippen LogP contribution is 2.07. The topological polar surface area (TPSA) is 28.2 Å². The Labute approximate surface area is 98.2 Å². The van der Waals surface area contributed by atoms with Crippen LogP contribution in [0.3, 0.4) is 0 Å². The smallest absolute Gasteiger partial charge is 0.127 e. The highest BCUT2D eigenvalue weighted by Gasteiger charge is 1.96. The zero-order chi connectivity index (χ0) is 11.8. The van der Waals surface area contributed by atoms with Gasteiger partial charge >= 0.3 is 0 Å². The van der Waals surface area contributed by atoms with E-state index in [9.17, 15) is 0 Å². The van der Waals surface area contributed by atoms with Crippen LogP contribution in [-0.2, 0) is 6.54 Å². The molecule has 1 aromatic rings. The molecule has 0 atom stereocenters. The van der Waals surface area contributed by atoms with Gasteiger partial charge in [-0.15, -0.1) is 0 Å². The maximum absolute atomic E-state index is 4.37. The van der Waals surface area contributed by atoms with Crippen LogP contribution >= 0.6 is 0 Å². The Morgan fingerprint density at radius 1 is 1.38 bits per heavy atom. The van der Waals surface area contributed by atoms with Gasteiger partial charge in [-0.25, -0.2) is 4.98 Å². The lowest BCUT2D eigenvalue weighted by Gasteiger charge is -2.11. The predicted octanol–water partition coefficient (Wildman–Crippen LogP) is 2.20. The van der Waals surface area contributed by atoms with E-state index in [1.165, 1.54) is 5.56 Å². The van der Waals surface area contributed by atoms with Crippen molar-refractivity contribution in [1.29, 1.82) is 0 Å². The van der Waals surface area contributed by atoms with E-state index in [0.29, 0.717) is 0 Å². The highest BCUT2D eigenvalue weighted by molar-refractivity contribution is 5.37. The molecule has 0 unspecified atom stereocenters. The summed E-state index contributed by atoms with van der Waals surface area (Å²) in [5.74, 6) is 0.998. The summed E-state index contributed by atoms with van der Waals surface area (Å²) in [6.07, 6.45) is 7.26. The minimum atomic E-state index is 0.887. The highest BCUT2D eigenvalue weighted by atomic mass is 15.1. The first-order valence-corrected chi connectivity index (χ1v) is 5.68. The van der Waals surface area contributed by atoms with E-state index in [-0.39, 0.29) is 0 Å². The van der Waals surface area contributed by atoms with E-state index in [0.717, 1.165) is 25.3 Å². The van der Waals surface area contributed by atoms with Gasteiger partial charge in [-0.3, -0.25) is 0 Å². The van der Waals surface area contributed by atoms with Crippen LogP contribution in [0.15, 0.2) is 30.5 Å². The molecule has 1 heterocycles. The molecule has 0 saturated carbocycles. The molecule has 16 heavy (non-hydrogen) atoms. The van der Waals surface area contributed by atoms with Crippen molar-refractivity contribution in [3.63, 3.8) is 0 Å². The third kappa shape index (κ3) is 4.45. The Hall–Kier alpha value is -1.35. The fourth-order valence-corrected chi connectivity index (χ4v) is 1.37. The third-order valence-electron chi connectivity index (χ3n) is 2.32. The van der Waals surface area contributed by atoms with Crippen molar-refractivity contribution in [1.82, 2.24) is 10.3 Å². The minimum Gasteiger partial charge on any atom is -0.363 e. The standard InChI is InChI=1S/C13H21N3/c1-4-5-6-9-14-10-12-7-8-13(15-11-12)16(2)3/h4-5,7-8,11,14H,6,9-10H2,1-3H3/b5-4+. The molecule has 0 spiro atoms. The first-order chi connectivity index (χ1) is 7.74. The molecule has 3 nitrogen and oxygen atoms in total. The van der Waals surface area contributed by atoms with Crippen molar-refractivity contribution in [3.05, 3.63) is 36.0 Å². The molecule has 1 N–H and O–H groups in total. The number of hydrogen-bond donors (Lipinski definition) is 1. The lowest BCUT2D eigenvalue weighted by Crippen LogP contribution is -2.15. The Balaban J connectivity index is 2.32. The van der Waals surface area contributed by atoms with E-state index >= 15 is 0 Å². The summed E-state index contributed by atoms with van der Waals surface area (Å²) >= 11 is 0. The molecular weight excluding hydrogens is 198 g/mol. The fourth-order valence-electron chi connectivity index (χ4n) is 1.37. The molecule has 0 aliphatic carbocycles. The minimum absolute atomic E-state index is 0.887. The molecule has 3 heteroatoms. The van der Waals surface area contributed by atoms with E-state index in [1.54, 1.807) is 0 Å². The predicted molar refractivity (Wildman–Crippen MR) is 69.7 cm³/mol. The van der Waals surface area contributed by atoms with Crippen LogP contribution in [-0.4, -0.2) is 25.6 Å². The van der Waals surface area contributed by atoms with Gasteiger partial charge < -0.3 is 10.2 Å². The SMILES string of the molecule is C/C=C/CCNCc1ccc(N(C)C)nc1.